The van der Waals surface area contributed by atoms with E-state index in [0.717, 1.165) is 101 Å². The molecule has 0 atom stereocenters. The summed E-state index contributed by atoms with van der Waals surface area (Å²) in [6.07, 6.45) is 1.93. The Kier molecular flexibility index (Phi) is 11.9. The van der Waals surface area contributed by atoms with Crippen LogP contribution in [0.5, 0.6) is 0 Å². The van der Waals surface area contributed by atoms with Crippen LogP contribution >= 0.6 is 0 Å². The van der Waals surface area contributed by atoms with Gasteiger partial charge in [-0.2, -0.15) is 12.1 Å². The Morgan fingerprint density at radius 2 is 0.931 bits per heavy atom. The molecule has 2 aromatic heterocycles. The first-order chi connectivity index (χ1) is 35.2. The van der Waals surface area contributed by atoms with Crippen molar-refractivity contribution in [1.82, 2.24) is 9.55 Å². The van der Waals surface area contributed by atoms with E-state index in [2.05, 4.69) is 286 Å². The van der Waals surface area contributed by atoms with Gasteiger partial charge in [0.2, 0.25) is 0 Å². The summed E-state index contributed by atoms with van der Waals surface area (Å²) in [7, 11) is 0. The number of fused-ring (bicyclic) bond motifs is 4. The van der Waals surface area contributed by atoms with Crippen molar-refractivity contribution in [3.05, 3.63) is 273 Å². The maximum Gasteiger partial charge on any atom is 2.00 e. The molecule has 0 unspecified atom stereocenters. The minimum atomic E-state index is 0. The van der Waals surface area contributed by atoms with Gasteiger partial charge in [-0.1, -0.05) is 205 Å². The van der Waals surface area contributed by atoms with Crippen molar-refractivity contribution >= 4 is 61.6 Å². The molecule has 5 nitrogen and oxygen atoms in total. The molecule has 344 valence electrons. The molecule has 0 amide bonds. The van der Waals surface area contributed by atoms with E-state index in [1.807, 2.05) is 6.20 Å². The number of pyridine rings is 1. The molecule has 3 heterocycles. The fourth-order valence-corrected chi connectivity index (χ4v) is 10.4. The van der Waals surface area contributed by atoms with Gasteiger partial charge in [-0.15, -0.1) is 35.7 Å². The minimum Gasteiger partial charge on any atom is -0.357 e. The number of hydrogen-bond donors (Lipinski definition) is 0. The zero-order chi connectivity index (χ0) is 47.1. The largest absolute Gasteiger partial charge is 2.00 e. The molecule has 0 fully saturated rings. The van der Waals surface area contributed by atoms with Crippen molar-refractivity contribution in [3.63, 3.8) is 0 Å². The van der Waals surface area contributed by atoms with Gasteiger partial charge in [-0.3, -0.25) is 0 Å². The molecular formula is C66H45N5Pt. The fourth-order valence-electron chi connectivity index (χ4n) is 10.4. The Labute approximate surface area is 434 Å². The predicted octanol–water partition coefficient (Wildman–Crippen LogP) is 17.2. The summed E-state index contributed by atoms with van der Waals surface area (Å²) in [5.41, 5.74) is 18.1. The molecule has 6 heteroatoms. The number of nitrogens with zero attached hydrogens (tertiary/aromatic N) is 5. The van der Waals surface area contributed by atoms with Gasteiger partial charge in [-0.25, -0.2) is 4.98 Å². The van der Waals surface area contributed by atoms with Crippen LogP contribution in [0.2, 0.25) is 0 Å². The fraction of sp³-hybridized carbons (Fsp3) is 0.0152. The van der Waals surface area contributed by atoms with Gasteiger partial charge < -0.3 is 19.3 Å². The van der Waals surface area contributed by atoms with Gasteiger partial charge in [0.25, 0.3) is 0 Å². The molecule has 0 bridgehead atoms. The van der Waals surface area contributed by atoms with E-state index in [4.69, 9.17) is 4.98 Å². The second-order valence-electron chi connectivity index (χ2n) is 17.8. The first-order valence-corrected chi connectivity index (χ1v) is 24.1. The third-order valence-electron chi connectivity index (χ3n) is 13.6. The second kappa shape index (κ2) is 19.2. The van der Waals surface area contributed by atoms with Crippen molar-refractivity contribution in [3.8, 4) is 50.3 Å². The zero-order valence-corrected chi connectivity index (χ0v) is 41.4. The van der Waals surface area contributed by atoms with E-state index in [-0.39, 0.29) is 21.1 Å². The van der Waals surface area contributed by atoms with E-state index in [1.54, 1.807) is 0 Å². The summed E-state index contributed by atoms with van der Waals surface area (Å²) in [6.45, 7) is 0.638. The quantitative estimate of drug-likeness (QED) is 0.128. The molecule has 0 radical (unpaired) electrons. The molecular weight excluding hydrogens is 1060 g/mol. The zero-order valence-electron chi connectivity index (χ0n) is 39.1. The maximum absolute atomic E-state index is 5.12. The topological polar surface area (TPSA) is 27.5 Å². The van der Waals surface area contributed by atoms with Crippen molar-refractivity contribution in [2.24, 2.45) is 0 Å². The number of hydrogen-bond acceptors (Lipinski definition) is 4. The van der Waals surface area contributed by atoms with Crippen LogP contribution in [-0.4, -0.2) is 16.2 Å². The molecule has 10 aromatic carbocycles. The Morgan fingerprint density at radius 3 is 1.61 bits per heavy atom. The Balaban J connectivity index is 0.00000530. The van der Waals surface area contributed by atoms with Crippen LogP contribution in [0.15, 0.2) is 261 Å². The smallest absolute Gasteiger partial charge is 0.357 e. The van der Waals surface area contributed by atoms with E-state index >= 15 is 0 Å². The van der Waals surface area contributed by atoms with Crippen LogP contribution in [0.3, 0.4) is 0 Å². The molecule has 13 rings (SSSR count). The van der Waals surface area contributed by atoms with Crippen molar-refractivity contribution in [2.45, 2.75) is 0 Å². The van der Waals surface area contributed by atoms with Crippen molar-refractivity contribution < 1.29 is 21.1 Å². The molecule has 12 aromatic rings. The van der Waals surface area contributed by atoms with Crippen LogP contribution in [0.4, 0.5) is 39.8 Å². The van der Waals surface area contributed by atoms with E-state index in [0.29, 0.717) is 6.67 Å². The molecule has 72 heavy (non-hydrogen) atoms. The summed E-state index contributed by atoms with van der Waals surface area (Å²) in [6, 6.07) is 98.6. The SMILES string of the molecule is [Pt+2].[c-]1c(N2CN(c3ccccc3)c3ccccc32)cccc1N(c1[c-]c2c(cc1)c1ccccc1n2-c1cc(-c2ccccc2-c2ccccc2)ccn1)c1c(-c2ccccc2)cccc1-c1ccccc1. The molecule has 0 aliphatic carbocycles. The minimum absolute atomic E-state index is 0. The van der Waals surface area contributed by atoms with Gasteiger partial charge in [0.1, 0.15) is 5.82 Å². The van der Waals surface area contributed by atoms with E-state index < -0.39 is 0 Å². The monoisotopic (exact) mass is 1100 g/mol. The first kappa shape index (κ1) is 44.4. The number of benzene rings is 10. The molecule has 1 aliphatic heterocycles. The molecule has 0 N–H and O–H groups in total. The van der Waals surface area contributed by atoms with Gasteiger partial charge in [-0.05, 0) is 81.2 Å². The van der Waals surface area contributed by atoms with Crippen molar-refractivity contribution in [2.75, 3.05) is 21.4 Å². The normalized spacial score (nSPS) is 11.9. The van der Waals surface area contributed by atoms with Gasteiger partial charge >= 0.3 is 21.1 Å². The third kappa shape index (κ3) is 7.95. The van der Waals surface area contributed by atoms with E-state index in [9.17, 15) is 0 Å². The summed E-state index contributed by atoms with van der Waals surface area (Å²) in [5.74, 6) is 0.815. The summed E-state index contributed by atoms with van der Waals surface area (Å²) >= 11 is 0. The number of rotatable bonds is 10. The second-order valence-corrected chi connectivity index (χ2v) is 17.8. The van der Waals surface area contributed by atoms with Crippen molar-refractivity contribution in [1.29, 1.82) is 0 Å². The first-order valence-electron chi connectivity index (χ1n) is 24.1. The molecule has 0 spiro atoms. The Bertz CT molecular complexity index is 3820. The number of para-hydroxylation sites is 5. The van der Waals surface area contributed by atoms with Crippen LogP contribution in [0.25, 0.3) is 72.1 Å². The average Bonchev–Trinajstić information content (AvgIpc) is 4.01. The van der Waals surface area contributed by atoms with Crippen LogP contribution in [-0.2, 0) is 21.1 Å². The average molecular weight is 1100 g/mol. The number of anilines is 7. The Hall–Kier alpha value is -8.76. The molecule has 1 aliphatic rings. The summed E-state index contributed by atoms with van der Waals surface area (Å²) < 4.78 is 2.28. The van der Waals surface area contributed by atoms with Gasteiger partial charge in [0, 0.05) is 28.5 Å². The number of aromatic nitrogens is 2. The van der Waals surface area contributed by atoms with Gasteiger partial charge in [0.05, 0.1) is 23.7 Å². The van der Waals surface area contributed by atoms with Crippen LogP contribution in [0, 0.1) is 12.1 Å². The molecule has 0 saturated heterocycles. The molecule has 0 saturated carbocycles. The van der Waals surface area contributed by atoms with Gasteiger partial charge in [0.15, 0.2) is 0 Å². The van der Waals surface area contributed by atoms with E-state index in [1.165, 1.54) is 11.1 Å². The standard InChI is InChI=1S/C66H45N5.Pt/c1-5-21-47(22-6-1)55-31-13-14-32-56(55)50-41-42-67-65(43-50)71-61-36-16-15-33-59(61)60-40-39-54(45-64(60)71)70(66-57(48-23-7-2-8-24-48)34-20-35-58(66)49-25-9-3-10-26-49)53-30-19-29-52(44-53)69-46-68(51-27-11-4-12-28-51)62-37-17-18-38-63(62)69;/h1-43H,46H2;/q-2;+2. The van der Waals surface area contributed by atoms with Crippen LogP contribution in [0.1, 0.15) is 0 Å². The summed E-state index contributed by atoms with van der Waals surface area (Å²) in [4.78, 5) is 12.2. The predicted molar refractivity (Wildman–Crippen MR) is 295 cm³/mol. The summed E-state index contributed by atoms with van der Waals surface area (Å²) in [5, 5.41) is 2.22. The maximum atomic E-state index is 5.12. The van der Waals surface area contributed by atoms with Crippen LogP contribution < -0.4 is 14.7 Å². The third-order valence-corrected chi connectivity index (χ3v) is 13.6. The Morgan fingerprint density at radius 1 is 0.403 bits per heavy atom.